The van der Waals surface area contributed by atoms with Crippen molar-refractivity contribution in [3.63, 3.8) is 0 Å². The third kappa shape index (κ3) is 3.80. The Labute approximate surface area is 123 Å². The van der Waals surface area contributed by atoms with E-state index in [9.17, 15) is 12.8 Å². The van der Waals surface area contributed by atoms with E-state index in [0.717, 1.165) is 6.07 Å². The maximum absolute atomic E-state index is 13.8. The Morgan fingerprint density at radius 2 is 2.19 bits per heavy atom. The van der Waals surface area contributed by atoms with Gasteiger partial charge in [0.1, 0.15) is 12.4 Å². The van der Waals surface area contributed by atoms with Crippen LogP contribution in [0.15, 0.2) is 23.1 Å². The largest absolute Gasteiger partial charge is 0.384 e. The third-order valence-electron chi connectivity index (χ3n) is 3.30. The van der Waals surface area contributed by atoms with Crippen LogP contribution in [-0.2, 0) is 14.8 Å². The number of halogens is 1. The molecule has 0 unspecified atom stereocenters. The molecule has 0 heterocycles. The van der Waals surface area contributed by atoms with Crippen LogP contribution in [0.5, 0.6) is 0 Å². The lowest BCUT2D eigenvalue weighted by atomic mass is 9.90. The number of aliphatic hydroxyl groups is 1. The Bertz CT molecular complexity index is 672. The van der Waals surface area contributed by atoms with Crippen molar-refractivity contribution in [3.05, 3.63) is 29.6 Å². The van der Waals surface area contributed by atoms with E-state index in [2.05, 4.69) is 16.6 Å². The molecule has 2 rings (SSSR count). The van der Waals surface area contributed by atoms with Gasteiger partial charge in [0.25, 0.3) is 0 Å². The summed E-state index contributed by atoms with van der Waals surface area (Å²) in [5.74, 6) is 3.99. The van der Waals surface area contributed by atoms with Crippen LogP contribution in [0.1, 0.15) is 18.4 Å². The van der Waals surface area contributed by atoms with Gasteiger partial charge in [0.2, 0.25) is 10.0 Å². The molecule has 2 N–H and O–H groups in total. The molecule has 1 aromatic carbocycles. The quantitative estimate of drug-likeness (QED) is 0.799. The first kappa shape index (κ1) is 15.9. The molecule has 0 saturated heterocycles. The molecule has 0 aromatic heterocycles. The van der Waals surface area contributed by atoms with Crippen molar-refractivity contribution in [2.24, 2.45) is 0 Å². The first-order valence-corrected chi connectivity index (χ1v) is 7.89. The highest BCUT2D eigenvalue weighted by Gasteiger charge is 2.32. The Morgan fingerprint density at radius 1 is 1.48 bits per heavy atom. The van der Waals surface area contributed by atoms with Gasteiger partial charge in [-0.1, -0.05) is 11.8 Å². The predicted molar refractivity (Wildman–Crippen MR) is 74.5 cm³/mol. The van der Waals surface area contributed by atoms with Crippen LogP contribution in [0.4, 0.5) is 4.39 Å². The van der Waals surface area contributed by atoms with Crippen LogP contribution < -0.4 is 4.72 Å². The average molecular weight is 313 g/mol. The van der Waals surface area contributed by atoms with E-state index in [1.165, 1.54) is 12.1 Å². The lowest BCUT2D eigenvalue weighted by molar-refractivity contribution is 0.0236. The lowest BCUT2D eigenvalue weighted by Crippen LogP contribution is -2.47. The zero-order valence-corrected chi connectivity index (χ0v) is 12.3. The molecule has 0 bridgehead atoms. The predicted octanol–water partition coefficient (Wildman–Crippen LogP) is 0.625. The molecule has 114 valence electrons. The molecule has 1 aromatic rings. The number of ether oxygens (including phenoxy) is 1. The molecular formula is C14H16FNO4S. The van der Waals surface area contributed by atoms with E-state index in [-0.39, 0.29) is 29.2 Å². The fraction of sp³-hybridized carbons (Fsp3) is 0.429. The molecule has 1 saturated carbocycles. The Balaban J connectivity index is 2.12. The molecule has 0 aliphatic heterocycles. The minimum absolute atomic E-state index is 0.0473. The molecule has 0 radical (unpaired) electrons. The second-order valence-electron chi connectivity index (χ2n) is 4.75. The van der Waals surface area contributed by atoms with Crippen LogP contribution in [0, 0.1) is 17.7 Å². The number of aliphatic hydroxyl groups excluding tert-OH is 1. The van der Waals surface area contributed by atoms with Crippen molar-refractivity contribution in [1.82, 2.24) is 4.72 Å². The highest BCUT2D eigenvalue weighted by atomic mass is 32.2. The first-order valence-electron chi connectivity index (χ1n) is 6.40. The Morgan fingerprint density at radius 3 is 2.76 bits per heavy atom. The summed E-state index contributed by atoms with van der Waals surface area (Å²) < 4.78 is 45.6. The van der Waals surface area contributed by atoms with Gasteiger partial charge in [-0.15, -0.1) is 0 Å². The number of nitrogens with one attached hydrogen (secondary N) is 1. The molecule has 0 atom stereocenters. The molecule has 0 spiro atoms. The zero-order valence-electron chi connectivity index (χ0n) is 11.5. The standard InChI is InChI=1S/C14H16FNO4S/c1-20-12-7-11(8-12)16-21(18,19)13-5-4-10(3-2-6-17)14(15)9-13/h4-5,9,11-12,16-17H,6-8H2,1H3. The fourth-order valence-electron chi connectivity index (χ4n) is 2.04. The van der Waals surface area contributed by atoms with Crippen LogP contribution >= 0.6 is 0 Å². The summed E-state index contributed by atoms with van der Waals surface area (Å²) in [6.45, 7) is -0.386. The minimum Gasteiger partial charge on any atom is -0.384 e. The van der Waals surface area contributed by atoms with Crippen molar-refractivity contribution in [2.75, 3.05) is 13.7 Å². The zero-order chi connectivity index (χ0) is 15.5. The van der Waals surface area contributed by atoms with Crippen LogP contribution in [0.3, 0.4) is 0 Å². The summed E-state index contributed by atoms with van der Waals surface area (Å²) in [6, 6.07) is 3.32. The van der Waals surface area contributed by atoms with Gasteiger partial charge in [0, 0.05) is 13.2 Å². The van der Waals surface area contributed by atoms with Crippen molar-refractivity contribution in [3.8, 4) is 11.8 Å². The summed E-state index contributed by atoms with van der Waals surface area (Å²) in [6.07, 6.45) is 1.29. The molecule has 5 nitrogen and oxygen atoms in total. The van der Waals surface area contributed by atoms with Crippen molar-refractivity contribution < 1.29 is 22.7 Å². The highest BCUT2D eigenvalue weighted by molar-refractivity contribution is 7.89. The highest BCUT2D eigenvalue weighted by Crippen LogP contribution is 2.24. The monoisotopic (exact) mass is 313 g/mol. The molecule has 21 heavy (non-hydrogen) atoms. The maximum atomic E-state index is 13.8. The topological polar surface area (TPSA) is 75.6 Å². The molecule has 1 fully saturated rings. The Hall–Kier alpha value is -1.46. The summed E-state index contributed by atoms with van der Waals surface area (Å²) in [5.41, 5.74) is 0.0473. The summed E-state index contributed by atoms with van der Waals surface area (Å²) in [4.78, 5) is -0.143. The summed E-state index contributed by atoms with van der Waals surface area (Å²) >= 11 is 0. The molecule has 7 heteroatoms. The number of hydrogen-bond donors (Lipinski definition) is 2. The normalized spacial score (nSPS) is 21.3. The van der Waals surface area contributed by atoms with E-state index >= 15 is 0 Å². The molecule has 1 aliphatic rings. The smallest absolute Gasteiger partial charge is 0.240 e. The second kappa shape index (κ2) is 6.54. The van der Waals surface area contributed by atoms with E-state index < -0.39 is 15.8 Å². The first-order chi connectivity index (χ1) is 9.96. The Kier molecular flexibility index (Phi) is 4.96. The van der Waals surface area contributed by atoms with Gasteiger partial charge in [0.05, 0.1) is 16.6 Å². The molecule has 1 aliphatic carbocycles. The van der Waals surface area contributed by atoms with Gasteiger partial charge in [-0.25, -0.2) is 17.5 Å². The van der Waals surface area contributed by atoms with Gasteiger partial charge >= 0.3 is 0 Å². The third-order valence-corrected chi connectivity index (χ3v) is 4.82. The molecular weight excluding hydrogens is 297 g/mol. The number of benzene rings is 1. The van der Waals surface area contributed by atoms with E-state index in [1.54, 1.807) is 7.11 Å². The van der Waals surface area contributed by atoms with Gasteiger partial charge in [-0.3, -0.25) is 0 Å². The van der Waals surface area contributed by atoms with Gasteiger partial charge in [-0.2, -0.15) is 0 Å². The van der Waals surface area contributed by atoms with Crippen molar-refractivity contribution >= 4 is 10.0 Å². The minimum atomic E-state index is -3.75. The second-order valence-corrected chi connectivity index (χ2v) is 6.46. The number of hydrogen-bond acceptors (Lipinski definition) is 4. The number of methoxy groups -OCH3 is 1. The summed E-state index contributed by atoms with van der Waals surface area (Å²) in [7, 11) is -2.17. The molecule has 0 amide bonds. The lowest BCUT2D eigenvalue weighted by Gasteiger charge is -2.34. The number of sulfonamides is 1. The average Bonchev–Trinajstić information content (AvgIpc) is 2.41. The van der Waals surface area contributed by atoms with Gasteiger partial charge in [0.15, 0.2) is 0 Å². The van der Waals surface area contributed by atoms with Crippen molar-refractivity contribution in [1.29, 1.82) is 0 Å². The van der Waals surface area contributed by atoms with Gasteiger partial charge < -0.3 is 9.84 Å². The van der Waals surface area contributed by atoms with Crippen LogP contribution in [-0.4, -0.2) is 39.4 Å². The maximum Gasteiger partial charge on any atom is 0.240 e. The fourth-order valence-corrected chi connectivity index (χ4v) is 3.31. The van der Waals surface area contributed by atoms with E-state index in [1.807, 2.05) is 0 Å². The van der Waals surface area contributed by atoms with Crippen molar-refractivity contribution in [2.45, 2.75) is 29.9 Å². The van der Waals surface area contributed by atoms with E-state index in [0.29, 0.717) is 12.8 Å². The van der Waals surface area contributed by atoms with Gasteiger partial charge in [-0.05, 0) is 31.0 Å². The summed E-state index contributed by atoms with van der Waals surface area (Å²) in [5, 5.41) is 8.56. The van der Waals surface area contributed by atoms with Crippen LogP contribution in [0.2, 0.25) is 0 Å². The van der Waals surface area contributed by atoms with Crippen LogP contribution in [0.25, 0.3) is 0 Å². The number of rotatable bonds is 4. The SMILES string of the molecule is COC1CC(NS(=O)(=O)c2ccc(C#CCO)c(F)c2)C1. The van der Waals surface area contributed by atoms with E-state index in [4.69, 9.17) is 9.84 Å².